The third-order valence-corrected chi connectivity index (χ3v) is 4.67. The molecule has 2 heterocycles. The first-order valence-corrected chi connectivity index (χ1v) is 8.87. The third kappa shape index (κ3) is 3.74. The Balaban J connectivity index is 1.44. The molecule has 26 heavy (non-hydrogen) atoms. The second-order valence-corrected chi connectivity index (χ2v) is 6.77. The lowest BCUT2D eigenvalue weighted by molar-refractivity contribution is -0.135. The van der Waals surface area contributed by atoms with Gasteiger partial charge in [-0.2, -0.15) is 0 Å². The molecule has 0 saturated heterocycles. The molecule has 1 saturated carbocycles. The molecule has 134 valence electrons. The normalized spacial score (nSPS) is 19.0. The van der Waals surface area contributed by atoms with Gasteiger partial charge in [0.1, 0.15) is 11.5 Å². The molecule has 1 aromatic carbocycles. The molecule has 0 bridgehead atoms. The number of benzene rings is 1. The summed E-state index contributed by atoms with van der Waals surface area (Å²) in [6.45, 7) is 0.643. The lowest BCUT2D eigenvalue weighted by Gasteiger charge is -2.25. The number of amides is 1. The monoisotopic (exact) mass is 353 g/mol. The highest BCUT2D eigenvalue weighted by Crippen LogP contribution is 2.32. The van der Waals surface area contributed by atoms with Crippen molar-refractivity contribution >= 4 is 11.6 Å². The zero-order valence-corrected chi connectivity index (χ0v) is 14.3. The van der Waals surface area contributed by atoms with Gasteiger partial charge >= 0.3 is 0 Å². The minimum absolute atomic E-state index is 0.0688. The number of hydrogen-bond donors (Lipinski definition) is 0. The third-order valence-electron chi connectivity index (χ3n) is 4.67. The summed E-state index contributed by atoms with van der Waals surface area (Å²) in [5, 5.41) is 4.13. The van der Waals surface area contributed by atoms with E-state index in [4.69, 9.17) is 4.84 Å². The number of hydrogen-bond acceptors (Lipinski definition) is 4. The molecule has 4 rings (SSSR count). The molecule has 2 aromatic rings. The second kappa shape index (κ2) is 7.23. The highest BCUT2D eigenvalue weighted by Gasteiger charge is 2.36. The molecule has 0 unspecified atom stereocenters. The number of carbonyl (C=O) groups is 1. The topological polar surface area (TPSA) is 54.8 Å². The van der Waals surface area contributed by atoms with Crippen LogP contribution in [0, 0.1) is 11.7 Å². The fourth-order valence-corrected chi connectivity index (χ4v) is 3.11. The average molecular weight is 353 g/mol. The first-order chi connectivity index (χ1) is 12.7. The summed E-state index contributed by atoms with van der Waals surface area (Å²) in [5.41, 5.74) is 2.08. The summed E-state index contributed by atoms with van der Waals surface area (Å²) >= 11 is 0. The van der Waals surface area contributed by atoms with Gasteiger partial charge in [0.2, 0.25) is 5.91 Å². The Labute approximate surface area is 151 Å². The van der Waals surface area contributed by atoms with Gasteiger partial charge in [0, 0.05) is 30.6 Å². The SMILES string of the molecule is O=C(C1CC1)N(Cc1ccccc1F)C[C@H]1CC(c2ccccn2)=NO1. The molecule has 1 atom stereocenters. The Morgan fingerprint density at radius 1 is 1.19 bits per heavy atom. The summed E-state index contributed by atoms with van der Waals surface area (Å²) in [6.07, 6.45) is 3.89. The van der Waals surface area contributed by atoms with E-state index in [-0.39, 0.29) is 30.3 Å². The number of carbonyl (C=O) groups excluding carboxylic acids is 1. The Morgan fingerprint density at radius 3 is 2.73 bits per heavy atom. The van der Waals surface area contributed by atoms with Crippen LogP contribution in [0.1, 0.15) is 30.5 Å². The van der Waals surface area contributed by atoms with Gasteiger partial charge in [-0.15, -0.1) is 0 Å². The standard InChI is InChI=1S/C20H20FN3O2/c21-17-6-2-1-5-15(17)12-24(20(25)14-8-9-14)13-16-11-19(23-26-16)18-7-3-4-10-22-18/h1-7,10,14,16H,8-9,11-13H2/t16-/m1/s1. The molecule has 1 aliphatic carbocycles. The van der Waals surface area contributed by atoms with Crippen LogP contribution in [0.25, 0.3) is 0 Å². The Kier molecular flexibility index (Phi) is 4.65. The van der Waals surface area contributed by atoms with E-state index in [1.54, 1.807) is 29.3 Å². The number of oxime groups is 1. The van der Waals surface area contributed by atoms with Crippen molar-refractivity contribution in [3.05, 3.63) is 65.7 Å². The zero-order chi connectivity index (χ0) is 17.9. The molecule has 1 fully saturated rings. The maximum atomic E-state index is 14.0. The number of nitrogens with zero attached hydrogens (tertiary/aromatic N) is 3. The molecule has 0 spiro atoms. The van der Waals surface area contributed by atoms with Crippen molar-refractivity contribution < 1.29 is 14.0 Å². The summed E-state index contributed by atoms with van der Waals surface area (Å²) in [5.74, 6) is -0.152. The van der Waals surface area contributed by atoms with E-state index in [1.165, 1.54) is 6.07 Å². The average Bonchev–Trinajstić information content (AvgIpc) is 3.42. The highest BCUT2D eigenvalue weighted by molar-refractivity contribution is 5.99. The van der Waals surface area contributed by atoms with Crippen LogP contribution in [-0.4, -0.2) is 34.2 Å². The van der Waals surface area contributed by atoms with E-state index in [2.05, 4.69) is 10.1 Å². The van der Waals surface area contributed by atoms with E-state index in [0.717, 1.165) is 24.2 Å². The summed E-state index contributed by atoms with van der Waals surface area (Å²) in [7, 11) is 0. The minimum Gasteiger partial charge on any atom is -0.390 e. The van der Waals surface area contributed by atoms with Crippen molar-refractivity contribution in [3.8, 4) is 0 Å². The second-order valence-electron chi connectivity index (χ2n) is 6.77. The van der Waals surface area contributed by atoms with E-state index in [0.29, 0.717) is 18.5 Å². The molecule has 0 radical (unpaired) electrons. The Morgan fingerprint density at radius 2 is 2.00 bits per heavy atom. The Hall–Kier alpha value is -2.76. The van der Waals surface area contributed by atoms with Crippen molar-refractivity contribution in [2.75, 3.05) is 6.54 Å². The minimum atomic E-state index is -0.293. The van der Waals surface area contributed by atoms with Crippen molar-refractivity contribution in [1.82, 2.24) is 9.88 Å². The first kappa shape index (κ1) is 16.7. The fourth-order valence-electron chi connectivity index (χ4n) is 3.11. The zero-order valence-electron chi connectivity index (χ0n) is 14.3. The van der Waals surface area contributed by atoms with Crippen molar-refractivity contribution in [2.24, 2.45) is 11.1 Å². The first-order valence-electron chi connectivity index (χ1n) is 8.87. The van der Waals surface area contributed by atoms with Crippen molar-refractivity contribution in [1.29, 1.82) is 0 Å². The maximum absolute atomic E-state index is 14.0. The van der Waals surface area contributed by atoms with Gasteiger partial charge in [0.15, 0.2) is 6.10 Å². The molecule has 1 amide bonds. The maximum Gasteiger partial charge on any atom is 0.226 e. The number of aromatic nitrogens is 1. The van der Waals surface area contributed by atoms with E-state index in [9.17, 15) is 9.18 Å². The Bertz CT molecular complexity index is 821. The molecule has 0 N–H and O–H groups in total. The molecular weight excluding hydrogens is 333 g/mol. The number of pyridine rings is 1. The van der Waals surface area contributed by atoms with E-state index >= 15 is 0 Å². The smallest absolute Gasteiger partial charge is 0.226 e. The van der Waals surface area contributed by atoms with Gasteiger partial charge in [-0.1, -0.05) is 29.4 Å². The van der Waals surface area contributed by atoms with Crippen LogP contribution in [0.4, 0.5) is 4.39 Å². The van der Waals surface area contributed by atoms with Crippen molar-refractivity contribution in [3.63, 3.8) is 0 Å². The molecular formula is C20H20FN3O2. The predicted octanol–water partition coefficient (Wildman–Crippen LogP) is 3.15. The lowest BCUT2D eigenvalue weighted by Crippen LogP contribution is -2.38. The van der Waals surface area contributed by atoms with Gasteiger partial charge < -0.3 is 9.74 Å². The molecule has 2 aliphatic rings. The van der Waals surface area contributed by atoms with Crippen LogP contribution in [-0.2, 0) is 16.2 Å². The molecule has 1 aliphatic heterocycles. The quantitative estimate of drug-likeness (QED) is 0.802. The van der Waals surface area contributed by atoms with Gasteiger partial charge in [-0.05, 0) is 31.0 Å². The summed E-state index contributed by atoms with van der Waals surface area (Å²) in [6, 6.07) is 12.2. The van der Waals surface area contributed by atoms with Crippen LogP contribution < -0.4 is 0 Å². The van der Waals surface area contributed by atoms with Gasteiger partial charge in [-0.25, -0.2) is 4.39 Å². The van der Waals surface area contributed by atoms with Crippen LogP contribution >= 0.6 is 0 Å². The summed E-state index contributed by atoms with van der Waals surface area (Å²) in [4.78, 5) is 24.2. The van der Waals surface area contributed by atoms with Crippen LogP contribution in [0.5, 0.6) is 0 Å². The number of halogens is 1. The number of rotatable bonds is 6. The van der Waals surface area contributed by atoms with Gasteiger partial charge in [0.25, 0.3) is 0 Å². The van der Waals surface area contributed by atoms with Crippen LogP contribution in [0.3, 0.4) is 0 Å². The fraction of sp³-hybridized carbons (Fsp3) is 0.350. The van der Waals surface area contributed by atoms with E-state index < -0.39 is 0 Å². The molecule has 5 nitrogen and oxygen atoms in total. The molecule has 1 aromatic heterocycles. The van der Waals surface area contributed by atoms with Crippen LogP contribution in [0.2, 0.25) is 0 Å². The summed E-state index contributed by atoms with van der Waals surface area (Å²) < 4.78 is 14.0. The van der Waals surface area contributed by atoms with Crippen molar-refractivity contribution in [2.45, 2.75) is 31.9 Å². The van der Waals surface area contributed by atoms with Gasteiger partial charge in [0.05, 0.1) is 12.2 Å². The highest BCUT2D eigenvalue weighted by atomic mass is 19.1. The largest absolute Gasteiger partial charge is 0.390 e. The molecule has 6 heteroatoms. The van der Waals surface area contributed by atoms with E-state index in [1.807, 2.05) is 18.2 Å². The predicted molar refractivity (Wildman–Crippen MR) is 94.8 cm³/mol. The van der Waals surface area contributed by atoms with Gasteiger partial charge in [-0.3, -0.25) is 9.78 Å². The lowest BCUT2D eigenvalue weighted by atomic mass is 10.1. The van der Waals surface area contributed by atoms with Crippen LogP contribution in [0.15, 0.2) is 53.8 Å².